The lowest BCUT2D eigenvalue weighted by atomic mass is 10.0. The van der Waals surface area contributed by atoms with E-state index in [9.17, 15) is 14.4 Å². The Morgan fingerprint density at radius 3 is 2.11 bits per heavy atom. The highest BCUT2D eigenvalue weighted by Gasteiger charge is 2.25. The van der Waals surface area contributed by atoms with Crippen molar-refractivity contribution in [2.75, 3.05) is 10.6 Å². The van der Waals surface area contributed by atoms with E-state index in [0.29, 0.717) is 18.5 Å². The number of nitrogens with zero attached hydrogens (tertiary/aromatic N) is 2. The van der Waals surface area contributed by atoms with Crippen LogP contribution in [0.2, 0.25) is 0 Å². The van der Waals surface area contributed by atoms with Gasteiger partial charge in [0.2, 0.25) is 0 Å². The third-order valence-electron chi connectivity index (χ3n) is 5.89. The third kappa shape index (κ3) is 5.24. The molecular weight excluding hydrogens is 440 g/mol. The number of hydrogen-bond acceptors (Lipinski definition) is 4. The van der Waals surface area contributed by atoms with Crippen molar-refractivity contribution in [3.8, 4) is 11.1 Å². The molecule has 0 saturated heterocycles. The first-order valence-electron chi connectivity index (χ1n) is 11.6. The fourth-order valence-corrected chi connectivity index (χ4v) is 3.99. The van der Waals surface area contributed by atoms with Gasteiger partial charge in [0.25, 0.3) is 11.5 Å². The average Bonchev–Trinajstić information content (AvgIpc) is 2.88. The molecule has 4 rings (SSSR count). The molecule has 0 radical (unpaired) electrons. The van der Waals surface area contributed by atoms with Crippen molar-refractivity contribution in [2.24, 2.45) is 0 Å². The molecule has 178 valence electrons. The Bertz CT molecular complexity index is 1410. The molecule has 1 aromatic heterocycles. The van der Waals surface area contributed by atoms with E-state index < -0.39 is 11.2 Å². The normalized spacial score (nSPS) is 10.8. The number of nitrogen functional groups attached to an aromatic ring is 1. The largest absolute Gasteiger partial charge is 0.383 e. The highest BCUT2D eigenvalue weighted by atomic mass is 16.2. The van der Waals surface area contributed by atoms with Gasteiger partial charge in [-0.15, -0.1) is 0 Å². The maximum Gasteiger partial charge on any atom is 0.330 e. The SMILES string of the molecule is CCCCn1c(N)c(N(Cc2ccccc2)C(=O)c2ccc(-c3ccccc3)cc2)c(=O)[nH]c1=O. The van der Waals surface area contributed by atoms with Crippen LogP contribution in [0.3, 0.4) is 0 Å². The van der Waals surface area contributed by atoms with Crippen LogP contribution < -0.4 is 21.9 Å². The van der Waals surface area contributed by atoms with Gasteiger partial charge >= 0.3 is 5.69 Å². The van der Waals surface area contributed by atoms with Crippen molar-refractivity contribution in [1.82, 2.24) is 9.55 Å². The van der Waals surface area contributed by atoms with E-state index in [1.54, 1.807) is 12.1 Å². The van der Waals surface area contributed by atoms with Crippen molar-refractivity contribution in [3.05, 3.63) is 117 Å². The number of anilines is 2. The molecule has 0 saturated carbocycles. The molecule has 0 aliphatic heterocycles. The van der Waals surface area contributed by atoms with Crippen molar-refractivity contribution in [1.29, 1.82) is 0 Å². The fourth-order valence-electron chi connectivity index (χ4n) is 3.99. The molecule has 0 atom stereocenters. The predicted octanol–water partition coefficient (Wildman–Crippen LogP) is 4.43. The fraction of sp³-hybridized carbons (Fsp3) is 0.179. The van der Waals surface area contributed by atoms with Gasteiger partial charge in [-0.3, -0.25) is 24.0 Å². The second-order valence-corrected chi connectivity index (χ2v) is 8.32. The number of rotatable bonds is 8. The lowest BCUT2D eigenvalue weighted by Crippen LogP contribution is -2.41. The summed E-state index contributed by atoms with van der Waals surface area (Å²) in [5, 5.41) is 0. The molecule has 0 bridgehead atoms. The van der Waals surface area contributed by atoms with Crippen LogP contribution in [-0.2, 0) is 13.1 Å². The summed E-state index contributed by atoms with van der Waals surface area (Å²) in [6.45, 7) is 2.47. The van der Waals surface area contributed by atoms with E-state index in [2.05, 4.69) is 4.98 Å². The van der Waals surface area contributed by atoms with Gasteiger partial charge in [-0.05, 0) is 35.2 Å². The number of carbonyl (C=O) groups excluding carboxylic acids is 1. The zero-order chi connectivity index (χ0) is 24.8. The van der Waals surface area contributed by atoms with Crippen LogP contribution in [0.4, 0.5) is 11.5 Å². The van der Waals surface area contributed by atoms with Gasteiger partial charge in [0, 0.05) is 12.1 Å². The summed E-state index contributed by atoms with van der Waals surface area (Å²) in [6.07, 6.45) is 1.56. The van der Waals surface area contributed by atoms with Crippen molar-refractivity contribution in [2.45, 2.75) is 32.9 Å². The van der Waals surface area contributed by atoms with E-state index in [-0.39, 0.29) is 24.0 Å². The van der Waals surface area contributed by atoms with Gasteiger partial charge in [0.1, 0.15) is 5.82 Å². The number of H-pyrrole nitrogens is 1. The zero-order valence-electron chi connectivity index (χ0n) is 19.6. The maximum absolute atomic E-state index is 13.7. The number of benzene rings is 3. The van der Waals surface area contributed by atoms with Crippen molar-refractivity contribution in [3.63, 3.8) is 0 Å². The molecule has 1 heterocycles. The molecule has 0 aliphatic carbocycles. The number of nitrogens with one attached hydrogen (secondary N) is 1. The third-order valence-corrected chi connectivity index (χ3v) is 5.89. The van der Waals surface area contributed by atoms with Gasteiger partial charge in [0.05, 0.1) is 6.54 Å². The quantitative estimate of drug-likeness (QED) is 0.399. The van der Waals surface area contributed by atoms with Crippen LogP contribution in [0.1, 0.15) is 35.7 Å². The Morgan fingerprint density at radius 2 is 1.49 bits per heavy atom. The van der Waals surface area contributed by atoms with E-state index in [1.807, 2.05) is 79.7 Å². The summed E-state index contributed by atoms with van der Waals surface area (Å²) in [7, 11) is 0. The van der Waals surface area contributed by atoms with E-state index in [0.717, 1.165) is 23.1 Å². The number of unbranched alkanes of at least 4 members (excludes halogenated alkanes) is 1. The number of amides is 1. The second kappa shape index (κ2) is 10.7. The van der Waals surface area contributed by atoms with Crippen molar-refractivity contribution < 1.29 is 4.79 Å². The molecule has 0 fully saturated rings. The minimum Gasteiger partial charge on any atom is -0.383 e. The summed E-state index contributed by atoms with van der Waals surface area (Å²) in [6, 6.07) is 26.4. The number of hydrogen-bond donors (Lipinski definition) is 2. The maximum atomic E-state index is 13.7. The average molecular weight is 469 g/mol. The van der Waals surface area contributed by atoms with Crippen LogP contribution in [-0.4, -0.2) is 15.5 Å². The summed E-state index contributed by atoms with van der Waals surface area (Å²) < 4.78 is 1.32. The highest BCUT2D eigenvalue weighted by molar-refractivity contribution is 6.07. The molecule has 7 nitrogen and oxygen atoms in total. The molecular formula is C28H28N4O3. The number of aromatic amines is 1. The van der Waals surface area contributed by atoms with E-state index >= 15 is 0 Å². The summed E-state index contributed by atoms with van der Waals surface area (Å²) in [5.41, 5.74) is 8.30. The van der Waals surface area contributed by atoms with Crippen LogP contribution in [0.5, 0.6) is 0 Å². The molecule has 7 heteroatoms. The number of nitrogens with two attached hydrogens (primary N) is 1. The Morgan fingerprint density at radius 1 is 0.886 bits per heavy atom. The zero-order valence-corrected chi connectivity index (χ0v) is 19.6. The molecule has 0 spiro atoms. The molecule has 3 aromatic carbocycles. The molecule has 1 amide bonds. The van der Waals surface area contributed by atoms with Crippen LogP contribution in [0.25, 0.3) is 11.1 Å². The predicted molar refractivity (Wildman–Crippen MR) is 139 cm³/mol. The van der Waals surface area contributed by atoms with Gasteiger partial charge in [-0.25, -0.2) is 4.79 Å². The number of carbonyl (C=O) groups is 1. The molecule has 0 unspecified atom stereocenters. The number of aromatic nitrogens is 2. The summed E-state index contributed by atoms with van der Waals surface area (Å²) >= 11 is 0. The van der Waals surface area contributed by atoms with Crippen LogP contribution >= 0.6 is 0 Å². The Kier molecular flexibility index (Phi) is 7.26. The van der Waals surface area contributed by atoms with Crippen molar-refractivity contribution >= 4 is 17.4 Å². The molecule has 3 N–H and O–H groups in total. The molecule has 35 heavy (non-hydrogen) atoms. The minimum absolute atomic E-state index is 0.0163. The highest BCUT2D eigenvalue weighted by Crippen LogP contribution is 2.24. The smallest absolute Gasteiger partial charge is 0.330 e. The van der Waals surface area contributed by atoms with Gasteiger partial charge in [-0.1, -0.05) is 86.1 Å². The first-order chi connectivity index (χ1) is 17.0. The Labute approximate surface area is 203 Å². The van der Waals surface area contributed by atoms with Gasteiger partial charge in [0.15, 0.2) is 5.69 Å². The van der Waals surface area contributed by atoms with E-state index in [1.165, 1.54) is 9.47 Å². The Balaban J connectivity index is 1.77. The standard InChI is InChI=1S/C28H28N4O3/c1-2-3-18-31-25(29)24(26(33)30-28(31)35)32(19-20-10-6-4-7-11-20)27(34)23-16-14-22(15-17-23)21-12-8-5-9-13-21/h4-17H,2-3,18-19,29H2,1H3,(H,30,33,35). The minimum atomic E-state index is -0.689. The Hall–Kier alpha value is -4.39. The second-order valence-electron chi connectivity index (χ2n) is 8.32. The first kappa shape index (κ1) is 23.8. The van der Waals surface area contributed by atoms with Crippen LogP contribution in [0, 0.1) is 0 Å². The molecule has 0 aliphatic rings. The summed E-state index contributed by atoms with van der Waals surface area (Å²) in [5.74, 6) is -0.399. The summed E-state index contributed by atoms with van der Waals surface area (Å²) in [4.78, 5) is 42.8. The monoisotopic (exact) mass is 468 g/mol. The first-order valence-corrected chi connectivity index (χ1v) is 11.6. The van der Waals surface area contributed by atoms with Gasteiger partial charge in [-0.2, -0.15) is 0 Å². The lowest BCUT2D eigenvalue weighted by Gasteiger charge is -2.25. The van der Waals surface area contributed by atoms with Crippen LogP contribution in [0.15, 0.2) is 94.5 Å². The topological polar surface area (TPSA) is 101 Å². The lowest BCUT2D eigenvalue weighted by molar-refractivity contribution is 0.0984. The molecule has 4 aromatic rings. The van der Waals surface area contributed by atoms with Gasteiger partial charge < -0.3 is 5.73 Å². The van der Waals surface area contributed by atoms with E-state index in [4.69, 9.17) is 5.73 Å².